The quantitative estimate of drug-likeness (QED) is 0.888. The van der Waals surface area contributed by atoms with Crippen LogP contribution in [-0.4, -0.2) is 29.2 Å². The van der Waals surface area contributed by atoms with Gasteiger partial charge in [-0.15, -0.1) is 0 Å². The van der Waals surface area contributed by atoms with Gasteiger partial charge in [-0.1, -0.05) is 17.7 Å². The molecule has 1 aromatic heterocycles. The van der Waals surface area contributed by atoms with Gasteiger partial charge in [-0.2, -0.15) is 0 Å². The average Bonchev–Trinajstić information content (AvgIpc) is 2.42. The second-order valence-corrected chi connectivity index (χ2v) is 4.63. The van der Waals surface area contributed by atoms with Crippen LogP contribution in [0.3, 0.4) is 0 Å². The van der Waals surface area contributed by atoms with Gasteiger partial charge in [-0.05, 0) is 23.8 Å². The molecule has 2 N–H and O–H groups in total. The van der Waals surface area contributed by atoms with Crippen molar-refractivity contribution in [3.8, 4) is 0 Å². The molecule has 0 aliphatic carbocycles. The van der Waals surface area contributed by atoms with Crippen molar-refractivity contribution in [1.29, 1.82) is 0 Å². The summed E-state index contributed by atoms with van der Waals surface area (Å²) in [5.74, 6) is -3.12. The Morgan fingerprint density at radius 3 is 2.84 bits per heavy atom. The van der Waals surface area contributed by atoms with Crippen molar-refractivity contribution in [1.82, 2.24) is 10.3 Å². The Morgan fingerprint density at radius 1 is 1.32 bits per heavy atom. The molecular weight excluding hydrogens is 274 g/mol. The Labute approximate surface area is 114 Å². The van der Waals surface area contributed by atoms with Gasteiger partial charge in [0.1, 0.15) is 6.61 Å². The summed E-state index contributed by atoms with van der Waals surface area (Å²) in [7, 11) is 0. The predicted molar refractivity (Wildman–Crippen MR) is 70.5 cm³/mol. The Bertz CT molecular complexity index is 578. The summed E-state index contributed by atoms with van der Waals surface area (Å²) >= 11 is 6.04. The highest BCUT2D eigenvalue weighted by Crippen LogP contribution is 2.24. The van der Waals surface area contributed by atoms with E-state index in [4.69, 9.17) is 16.7 Å². The lowest BCUT2D eigenvalue weighted by molar-refractivity contribution is -0.0477. The van der Waals surface area contributed by atoms with E-state index in [1.165, 1.54) is 0 Å². The zero-order valence-corrected chi connectivity index (χ0v) is 10.8. The third-order valence-electron chi connectivity index (χ3n) is 2.73. The van der Waals surface area contributed by atoms with E-state index in [1.807, 2.05) is 6.07 Å². The lowest BCUT2D eigenvalue weighted by Crippen LogP contribution is -2.35. The first-order valence-corrected chi connectivity index (χ1v) is 6.13. The zero-order valence-electron chi connectivity index (χ0n) is 10.0. The van der Waals surface area contributed by atoms with E-state index in [1.54, 1.807) is 24.4 Å². The molecule has 0 aliphatic heterocycles. The number of fused-ring (bicyclic) bond motifs is 1. The SMILES string of the molecule is OCC(F)(F)CNCc1ccc(Cl)c2cccnc12. The number of pyridine rings is 1. The number of aliphatic hydroxyl groups excluding tert-OH is 1. The van der Waals surface area contributed by atoms with Crippen LogP contribution in [0.15, 0.2) is 30.5 Å². The van der Waals surface area contributed by atoms with E-state index < -0.39 is 19.1 Å². The van der Waals surface area contributed by atoms with Gasteiger partial charge in [0.25, 0.3) is 5.92 Å². The molecule has 2 rings (SSSR count). The van der Waals surface area contributed by atoms with Crippen LogP contribution >= 0.6 is 11.6 Å². The highest BCUT2D eigenvalue weighted by Gasteiger charge is 2.26. The number of benzene rings is 1. The molecule has 1 heterocycles. The average molecular weight is 287 g/mol. The molecule has 0 unspecified atom stereocenters. The first-order chi connectivity index (χ1) is 9.03. The smallest absolute Gasteiger partial charge is 0.282 e. The minimum Gasteiger partial charge on any atom is -0.390 e. The number of aliphatic hydroxyl groups is 1. The van der Waals surface area contributed by atoms with Crippen LogP contribution in [0, 0.1) is 0 Å². The van der Waals surface area contributed by atoms with Crippen LogP contribution in [0.1, 0.15) is 5.56 Å². The molecule has 0 aliphatic rings. The fourth-order valence-corrected chi connectivity index (χ4v) is 1.99. The fraction of sp³-hybridized carbons (Fsp3) is 0.308. The number of nitrogens with zero attached hydrogens (tertiary/aromatic N) is 1. The molecule has 0 radical (unpaired) electrons. The highest BCUT2D eigenvalue weighted by molar-refractivity contribution is 6.35. The summed E-state index contributed by atoms with van der Waals surface area (Å²) in [5, 5.41) is 12.5. The van der Waals surface area contributed by atoms with Crippen molar-refractivity contribution in [3.05, 3.63) is 41.0 Å². The Kier molecular flexibility index (Phi) is 4.29. The maximum Gasteiger partial charge on any atom is 0.282 e. The van der Waals surface area contributed by atoms with E-state index in [0.29, 0.717) is 10.5 Å². The zero-order chi connectivity index (χ0) is 13.9. The molecule has 0 saturated heterocycles. The molecule has 0 spiro atoms. The summed E-state index contributed by atoms with van der Waals surface area (Å²) < 4.78 is 25.8. The van der Waals surface area contributed by atoms with Crippen LogP contribution < -0.4 is 5.32 Å². The van der Waals surface area contributed by atoms with E-state index in [0.717, 1.165) is 10.9 Å². The molecule has 0 atom stereocenters. The maximum atomic E-state index is 12.9. The van der Waals surface area contributed by atoms with E-state index >= 15 is 0 Å². The Morgan fingerprint density at radius 2 is 2.11 bits per heavy atom. The van der Waals surface area contributed by atoms with E-state index in [-0.39, 0.29) is 6.54 Å². The van der Waals surface area contributed by atoms with E-state index in [9.17, 15) is 8.78 Å². The number of halogens is 3. The van der Waals surface area contributed by atoms with Gasteiger partial charge in [-0.25, -0.2) is 8.78 Å². The Balaban J connectivity index is 2.16. The number of aromatic nitrogens is 1. The van der Waals surface area contributed by atoms with Crippen LogP contribution in [0.5, 0.6) is 0 Å². The molecule has 2 aromatic rings. The molecule has 6 heteroatoms. The van der Waals surface area contributed by atoms with Crippen molar-refractivity contribution in [2.75, 3.05) is 13.2 Å². The lowest BCUT2D eigenvalue weighted by Gasteiger charge is -2.14. The molecule has 3 nitrogen and oxygen atoms in total. The largest absolute Gasteiger partial charge is 0.390 e. The van der Waals surface area contributed by atoms with Gasteiger partial charge in [0.05, 0.1) is 12.1 Å². The summed E-state index contributed by atoms with van der Waals surface area (Å²) in [6.45, 7) is -1.51. The molecule has 0 saturated carbocycles. The first-order valence-electron chi connectivity index (χ1n) is 5.75. The van der Waals surface area contributed by atoms with Gasteiger partial charge in [-0.3, -0.25) is 4.98 Å². The van der Waals surface area contributed by atoms with Crippen molar-refractivity contribution in [2.45, 2.75) is 12.5 Å². The minimum atomic E-state index is -3.12. The third kappa shape index (κ3) is 3.37. The molecule has 0 amide bonds. The monoisotopic (exact) mass is 286 g/mol. The van der Waals surface area contributed by atoms with Crippen LogP contribution in [0.25, 0.3) is 10.9 Å². The van der Waals surface area contributed by atoms with Gasteiger partial charge in [0.2, 0.25) is 0 Å². The standard InChI is InChI=1S/C13H13ClF2N2O/c14-11-4-3-9(6-17-7-13(15,16)8-19)12-10(11)2-1-5-18-12/h1-5,17,19H,6-8H2. The van der Waals surface area contributed by atoms with Gasteiger partial charge >= 0.3 is 0 Å². The molecule has 1 aromatic carbocycles. The van der Waals surface area contributed by atoms with Gasteiger partial charge < -0.3 is 10.4 Å². The number of rotatable bonds is 5. The number of hydrogen-bond donors (Lipinski definition) is 2. The normalized spacial score (nSPS) is 12.0. The van der Waals surface area contributed by atoms with Crippen molar-refractivity contribution in [2.24, 2.45) is 0 Å². The Hall–Kier alpha value is -1.30. The van der Waals surface area contributed by atoms with Gasteiger partial charge in [0.15, 0.2) is 0 Å². The summed E-state index contributed by atoms with van der Waals surface area (Å²) in [6.07, 6.45) is 1.63. The van der Waals surface area contributed by atoms with Gasteiger partial charge in [0, 0.05) is 23.2 Å². The van der Waals surface area contributed by atoms with Crippen molar-refractivity contribution in [3.63, 3.8) is 0 Å². The summed E-state index contributed by atoms with van der Waals surface area (Å²) in [6, 6.07) is 7.07. The highest BCUT2D eigenvalue weighted by atomic mass is 35.5. The summed E-state index contributed by atoms with van der Waals surface area (Å²) in [4.78, 5) is 4.22. The van der Waals surface area contributed by atoms with Crippen LogP contribution in [0.4, 0.5) is 8.78 Å². The first kappa shape index (κ1) is 14.1. The molecular formula is C13H13ClF2N2O. The summed E-state index contributed by atoms with van der Waals surface area (Å²) in [5.41, 5.74) is 1.48. The fourth-order valence-electron chi connectivity index (χ4n) is 1.77. The molecule has 19 heavy (non-hydrogen) atoms. The molecule has 102 valence electrons. The number of nitrogens with one attached hydrogen (secondary N) is 1. The number of alkyl halides is 2. The predicted octanol–water partition coefficient (Wildman–Crippen LogP) is 2.61. The van der Waals surface area contributed by atoms with Crippen molar-refractivity contribution >= 4 is 22.5 Å². The third-order valence-corrected chi connectivity index (χ3v) is 3.06. The second kappa shape index (κ2) is 5.77. The van der Waals surface area contributed by atoms with Crippen molar-refractivity contribution < 1.29 is 13.9 Å². The molecule has 0 bridgehead atoms. The maximum absolute atomic E-state index is 12.9. The minimum absolute atomic E-state index is 0.236. The lowest BCUT2D eigenvalue weighted by atomic mass is 10.1. The second-order valence-electron chi connectivity index (χ2n) is 4.22. The van der Waals surface area contributed by atoms with Crippen LogP contribution in [-0.2, 0) is 6.54 Å². The van der Waals surface area contributed by atoms with E-state index in [2.05, 4.69) is 10.3 Å². The van der Waals surface area contributed by atoms with Crippen LogP contribution in [0.2, 0.25) is 5.02 Å². The number of hydrogen-bond acceptors (Lipinski definition) is 3. The molecule has 0 fully saturated rings. The topological polar surface area (TPSA) is 45.1 Å².